The van der Waals surface area contributed by atoms with Gasteiger partial charge < -0.3 is 15.2 Å². The van der Waals surface area contributed by atoms with Gasteiger partial charge in [-0.15, -0.1) is 0 Å². The molecule has 0 aliphatic carbocycles. The molecule has 4 nitrogen and oxygen atoms in total. The minimum atomic E-state index is -0.607. The van der Waals surface area contributed by atoms with Crippen molar-refractivity contribution in [3.8, 4) is 5.75 Å². The molecule has 1 aromatic carbocycles. The van der Waals surface area contributed by atoms with E-state index in [1.165, 1.54) is 5.56 Å². The van der Waals surface area contributed by atoms with Crippen molar-refractivity contribution < 1.29 is 14.3 Å². The van der Waals surface area contributed by atoms with Gasteiger partial charge in [0.15, 0.2) is 6.10 Å². The molecule has 2 N–H and O–H groups in total. The van der Waals surface area contributed by atoms with Crippen LogP contribution in [0.1, 0.15) is 12.5 Å². The van der Waals surface area contributed by atoms with Crippen LogP contribution in [0.25, 0.3) is 0 Å². The van der Waals surface area contributed by atoms with E-state index in [1.54, 1.807) is 14.0 Å². The molecule has 88 valence electrons. The molecule has 0 aliphatic rings. The Morgan fingerprint density at radius 1 is 1.38 bits per heavy atom. The minimum Gasteiger partial charge on any atom is -0.481 e. The van der Waals surface area contributed by atoms with Crippen LogP contribution in [0, 0.1) is 0 Å². The molecular formula is C12H17NO3. The first-order chi connectivity index (χ1) is 7.63. The number of rotatable bonds is 6. The highest BCUT2D eigenvalue weighted by atomic mass is 16.5. The smallest absolute Gasteiger partial charge is 0.258 e. The predicted molar refractivity (Wildman–Crippen MR) is 61.3 cm³/mol. The van der Waals surface area contributed by atoms with Crippen molar-refractivity contribution in [3.05, 3.63) is 29.8 Å². The first-order valence-electron chi connectivity index (χ1n) is 5.17. The molecule has 0 heterocycles. The van der Waals surface area contributed by atoms with Crippen molar-refractivity contribution in [1.82, 2.24) is 0 Å². The van der Waals surface area contributed by atoms with E-state index in [9.17, 15) is 4.79 Å². The van der Waals surface area contributed by atoms with Gasteiger partial charge in [0.05, 0.1) is 6.61 Å². The molecule has 0 spiro atoms. The van der Waals surface area contributed by atoms with E-state index in [0.717, 1.165) is 6.42 Å². The van der Waals surface area contributed by atoms with Crippen molar-refractivity contribution in [2.24, 2.45) is 5.73 Å². The lowest BCUT2D eigenvalue weighted by atomic mass is 10.1. The Bertz CT molecular complexity index is 335. The average molecular weight is 223 g/mol. The van der Waals surface area contributed by atoms with Gasteiger partial charge in [-0.3, -0.25) is 4.79 Å². The van der Waals surface area contributed by atoms with E-state index in [2.05, 4.69) is 0 Å². The summed E-state index contributed by atoms with van der Waals surface area (Å²) in [5.41, 5.74) is 6.27. The van der Waals surface area contributed by atoms with Gasteiger partial charge in [0.25, 0.3) is 5.91 Å². The lowest BCUT2D eigenvalue weighted by Gasteiger charge is -2.11. The Kier molecular flexibility index (Phi) is 4.79. The van der Waals surface area contributed by atoms with Gasteiger partial charge in [0.2, 0.25) is 0 Å². The second-order valence-corrected chi connectivity index (χ2v) is 3.55. The molecule has 4 heteroatoms. The summed E-state index contributed by atoms with van der Waals surface area (Å²) in [6.07, 6.45) is 0.257. The maximum Gasteiger partial charge on any atom is 0.258 e. The third-order valence-electron chi connectivity index (χ3n) is 2.23. The summed E-state index contributed by atoms with van der Waals surface area (Å²) >= 11 is 0. The zero-order chi connectivity index (χ0) is 12.0. The van der Waals surface area contributed by atoms with Crippen LogP contribution in [0.15, 0.2) is 24.3 Å². The van der Waals surface area contributed by atoms with Crippen molar-refractivity contribution in [1.29, 1.82) is 0 Å². The second kappa shape index (κ2) is 6.12. The Hall–Kier alpha value is -1.55. The number of methoxy groups -OCH3 is 1. The predicted octanol–water partition coefficient (Wildman–Crippen LogP) is 1.13. The third kappa shape index (κ3) is 3.90. The molecular weight excluding hydrogens is 206 g/mol. The van der Waals surface area contributed by atoms with E-state index in [-0.39, 0.29) is 0 Å². The molecule has 0 saturated heterocycles. The molecule has 0 aromatic heterocycles. The molecule has 0 radical (unpaired) electrons. The molecule has 0 aliphatic heterocycles. The Labute approximate surface area is 95.3 Å². The van der Waals surface area contributed by atoms with Gasteiger partial charge in [0, 0.05) is 7.11 Å². The van der Waals surface area contributed by atoms with E-state index in [1.807, 2.05) is 24.3 Å². The highest BCUT2D eigenvalue weighted by Gasteiger charge is 2.09. The summed E-state index contributed by atoms with van der Waals surface area (Å²) in [6.45, 7) is 2.32. The van der Waals surface area contributed by atoms with Crippen LogP contribution in [0.2, 0.25) is 0 Å². The molecule has 0 fully saturated rings. The fourth-order valence-electron chi connectivity index (χ4n) is 1.22. The summed E-state index contributed by atoms with van der Waals surface area (Å²) in [6, 6.07) is 7.54. The third-order valence-corrected chi connectivity index (χ3v) is 2.23. The maximum atomic E-state index is 10.8. The van der Waals surface area contributed by atoms with Gasteiger partial charge >= 0.3 is 0 Å². The highest BCUT2D eigenvalue weighted by molar-refractivity contribution is 5.78. The largest absolute Gasteiger partial charge is 0.481 e. The van der Waals surface area contributed by atoms with Gasteiger partial charge in [-0.1, -0.05) is 12.1 Å². The molecule has 1 rings (SSSR count). The standard InChI is InChI=1S/C12H17NO3/c1-9(12(13)14)16-11-5-3-10(4-6-11)7-8-15-2/h3-6,9H,7-8H2,1-2H3,(H2,13,14)/t9-/m0/s1. The zero-order valence-corrected chi connectivity index (χ0v) is 9.60. The number of hydrogen-bond acceptors (Lipinski definition) is 3. The average Bonchev–Trinajstić information content (AvgIpc) is 2.28. The molecule has 0 saturated carbocycles. The van der Waals surface area contributed by atoms with Crippen molar-refractivity contribution in [3.63, 3.8) is 0 Å². The van der Waals surface area contributed by atoms with Crippen molar-refractivity contribution in [2.45, 2.75) is 19.4 Å². The molecule has 0 bridgehead atoms. The van der Waals surface area contributed by atoms with Crippen LogP contribution < -0.4 is 10.5 Å². The summed E-state index contributed by atoms with van der Waals surface area (Å²) in [4.78, 5) is 10.8. The summed E-state index contributed by atoms with van der Waals surface area (Å²) < 4.78 is 10.3. The van der Waals surface area contributed by atoms with E-state index in [4.69, 9.17) is 15.2 Å². The molecule has 16 heavy (non-hydrogen) atoms. The van der Waals surface area contributed by atoms with Gasteiger partial charge in [-0.05, 0) is 31.0 Å². The topological polar surface area (TPSA) is 61.6 Å². The number of benzene rings is 1. The van der Waals surface area contributed by atoms with Crippen LogP contribution in [0.4, 0.5) is 0 Å². The van der Waals surface area contributed by atoms with Crippen LogP contribution >= 0.6 is 0 Å². The SMILES string of the molecule is COCCc1ccc(O[C@@H](C)C(N)=O)cc1. The summed E-state index contributed by atoms with van der Waals surface area (Å²) in [5, 5.41) is 0. The Morgan fingerprint density at radius 2 is 2.00 bits per heavy atom. The van der Waals surface area contributed by atoms with E-state index < -0.39 is 12.0 Å². The quantitative estimate of drug-likeness (QED) is 0.786. The Balaban J connectivity index is 2.54. The fourth-order valence-corrected chi connectivity index (χ4v) is 1.22. The molecule has 1 atom stereocenters. The van der Waals surface area contributed by atoms with Gasteiger partial charge in [-0.25, -0.2) is 0 Å². The number of carbonyl (C=O) groups is 1. The van der Waals surface area contributed by atoms with Crippen molar-refractivity contribution in [2.75, 3.05) is 13.7 Å². The second-order valence-electron chi connectivity index (χ2n) is 3.55. The summed E-state index contributed by atoms with van der Waals surface area (Å²) in [5.74, 6) is 0.177. The first-order valence-corrected chi connectivity index (χ1v) is 5.17. The lowest BCUT2D eigenvalue weighted by molar-refractivity contribution is -0.123. The fraction of sp³-hybridized carbons (Fsp3) is 0.417. The number of hydrogen-bond donors (Lipinski definition) is 1. The highest BCUT2D eigenvalue weighted by Crippen LogP contribution is 2.14. The van der Waals surface area contributed by atoms with Crippen molar-refractivity contribution >= 4 is 5.91 Å². The van der Waals surface area contributed by atoms with E-state index >= 15 is 0 Å². The van der Waals surface area contributed by atoms with Crippen LogP contribution in [0.3, 0.4) is 0 Å². The van der Waals surface area contributed by atoms with Gasteiger partial charge in [0.1, 0.15) is 5.75 Å². The number of ether oxygens (including phenoxy) is 2. The normalized spacial score (nSPS) is 12.1. The molecule has 1 amide bonds. The monoisotopic (exact) mass is 223 g/mol. The lowest BCUT2D eigenvalue weighted by Crippen LogP contribution is -2.30. The number of nitrogens with two attached hydrogens (primary N) is 1. The number of primary amides is 1. The van der Waals surface area contributed by atoms with E-state index in [0.29, 0.717) is 12.4 Å². The minimum absolute atomic E-state index is 0.469. The first kappa shape index (κ1) is 12.5. The van der Waals surface area contributed by atoms with Crippen LogP contribution in [-0.4, -0.2) is 25.7 Å². The molecule has 0 unspecified atom stereocenters. The number of amides is 1. The van der Waals surface area contributed by atoms with Gasteiger partial charge in [-0.2, -0.15) is 0 Å². The zero-order valence-electron chi connectivity index (χ0n) is 9.60. The Morgan fingerprint density at radius 3 is 2.50 bits per heavy atom. The summed E-state index contributed by atoms with van der Waals surface area (Å²) in [7, 11) is 1.67. The maximum absolute atomic E-state index is 10.8. The number of carbonyl (C=O) groups excluding carboxylic acids is 1. The van der Waals surface area contributed by atoms with Crippen LogP contribution in [-0.2, 0) is 16.0 Å². The molecule has 1 aromatic rings. The van der Waals surface area contributed by atoms with Crippen LogP contribution in [0.5, 0.6) is 5.75 Å².